The molecule has 4 nitrogen and oxygen atoms in total. The summed E-state index contributed by atoms with van der Waals surface area (Å²) in [5.41, 5.74) is 0.943. The number of alkyl halides is 3. The number of nitrogens with zero attached hydrogens (tertiary/aromatic N) is 2. The maximum Gasteiger partial charge on any atom is 0.416 e. The second-order valence-electron chi connectivity index (χ2n) is 7.56. The van der Waals surface area contributed by atoms with E-state index in [-0.39, 0.29) is 6.04 Å². The van der Waals surface area contributed by atoms with Crippen molar-refractivity contribution in [2.24, 2.45) is 0 Å². The number of aryl methyl sites for hydroxylation is 1. The Hall–Kier alpha value is -1.90. The summed E-state index contributed by atoms with van der Waals surface area (Å²) >= 11 is 0. The first-order valence-electron chi connectivity index (χ1n) is 9.50. The van der Waals surface area contributed by atoms with Crippen LogP contribution < -0.4 is 0 Å². The molecule has 1 heterocycles. The summed E-state index contributed by atoms with van der Waals surface area (Å²) in [5, 5.41) is 0. The summed E-state index contributed by atoms with van der Waals surface area (Å²) < 4.78 is 65.8. The van der Waals surface area contributed by atoms with Crippen LogP contribution in [-0.2, 0) is 22.7 Å². The number of piperidine rings is 1. The molecular formula is C21H25F3N2O2S. The van der Waals surface area contributed by atoms with Gasteiger partial charge in [0.1, 0.15) is 0 Å². The number of hydrogen-bond acceptors (Lipinski definition) is 3. The third-order valence-corrected chi connectivity index (χ3v) is 7.30. The van der Waals surface area contributed by atoms with E-state index in [9.17, 15) is 21.6 Å². The van der Waals surface area contributed by atoms with Crippen molar-refractivity contribution in [1.82, 2.24) is 9.21 Å². The summed E-state index contributed by atoms with van der Waals surface area (Å²) in [7, 11) is -1.65. The topological polar surface area (TPSA) is 40.6 Å². The molecule has 0 aliphatic carbocycles. The summed E-state index contributed by atoms with van der Waals surface area (Å²) in [6.45, 7) is 3.09. The molecule has 0 radical (unpaired) electrons. The Morgan fingerprint density at radius 1 is 1.07 bits per heavy atom. The number of halogens is 3. The molecule has 2 aromatic rings. The van der Waals surface area contributed by atoms with E-state index in [4.69, 9.17) is 0 Å². The zero-order valence-electron chi connectivity index (χ0n) is 16.5. The fraction of sp³-hybridized carbons (Fsp3) is 0.429. The monoisotopic (exact) mass is 426 g/mol. The lowest BCUT2D eigenvalue weighted by atomic mass is 10.0. The van der Waals surface area contributed by atoms with Crippen LogP contribution in [0.3, 0.4) is 0 Å². The van der Waals surface area contributed by atoms with Gasteiger partial charge in [-0.3, -0.25) is 4.90 Å². The highest BCUT2D eigenvalue weighted by Crippen LogP contribution is 2.30. The van der Waals surface area contributed by atoms with E-state index in [0.29, 0.717) is 42.9 Å². The SMILES string of the molecule is Cc1ccc(S(=O)(=O)N2CCC(N(C)Cc3cccc(C(F)(F)F)c3)CC2)cc1. The van der Waals surface area contributed by atoms with Crippen LogP contribution in [0.15, 0.2) is 53.4 Å². The molecule has 1 aliphatic rings. The van der Waals surface area contributed by atoms with E-state index in [0.717, 1.165) is 11.6 Å². The largest absolute Gasteiger partial charge is 0.416 e. The summed E-state index contributed by atoms with van der Waals surface area (Å²) in [6, 6.07) is 12.3. The Balaban J connectivity index is 1.61. The number of sulfonamides is 1. The van der Waals surface area contributed by atoms with Gasteiger partial charge in [-0.1, -0.05) is 35.9 Å². The smallest absolute Gasteiger partial charge is 0.299 e. The number of hydrogen-bond donors (Lipinski definition) is 0. The Labute approximate surface area is 170 Å². The molecule has 29 heavy (non-hydrogen) atoms. The van der Waals surface area contributed by atoms with E-state index in [1.54, 1.807) is 30.3 Å². The zero-order valence-corrected chi connectivity index (χ0v) is 17.3. The molecule has 0 amide bonds. The van der Waals surface area contributed by atoms with Gasteiger partial charge in [-0.2, -0.15) is 17.5 Å². The molecule has 2 aromatic carbocycles. The van der Waals surface area contributed by atoms with Crippen LogP contribution in [0.4, 0.5) is 13.2 Å². The highest BCUT2D eigenvalue weighted by Gasteiger charge is 2.32. The van der Waals surface area contributed by atoms with Gasteiger partial charge in [0.25, 0.3) is 0 Å². The van der Waals surface area contributed by atoms with Gasteiger partial charge in [0.15, 0.2) is 0 Å². The van der Waals surface area contributed by atoms with Crippen LogP contribution in [0.1, 0.15) is 29.5 Å². The van der Waals surface area contributed by atoms with E-state index in [2.05, 4.69) is 0 Å². The van der Waals surface area contributed by atoms with Crippen LogP contribution in [0.2, 0.25) is 0 Å². The summed E-state index contributed by atoms with van der Waals surface area (Å²) in [4.78, 5) is 2.30. The highest BCUT2D eigenvalue weighted by atomic mass is 32.2. The Morgan fingerprint density at radius 2 is 1.69 bits per heavy atom. The molecule has 0 unspecified atom stereocenters. The van der Waals surface area contributed by atoms with Crippen molar-refractivity contribution >= 4 is 10.0 Å². The van der Waals surface area contributed by atoms with Crippen LogP contribution in [0.25, 0.3) is 0 Å². The third-order valence-electron chi connectivity index (χ3n) is 5.39. The molecule has 0 N–H and O–H groups in total. The predicted octanol–water partition coefficient (Wildman–Crippen LogP) is 4.30. The Morgan fingerprint density at radius 3 is 2.28 bits per heavy atom. The van der Waals surface area contributed by atoms with E-state index >= 15 is 0 Å². The van der Waals surface area contributed by atoms with Crippen molar-refractivity contribution in [2.45, 2.75) is 43.4 Å². The van der Waals surface area contributed by atoms with Gasteiger partial charge in [-0.05, 0) is 50.6 Å². The molecule has 1 fully saturated rings. The lowest BCUT2D eigenvalue weighted by Gasteiger charge is -2.36. The van der Waals surface area contributed by atoms with Gasteiger partial charge in [-0.15, -0.1) is 0 Å². The van der Waals surface area contributed by atoms with Crippen LogP contribution in [-0.4, -0.2) is 43.8 Å². The first kappa shape index (κ1) is 21.8. The van der Waals surface area contributed by atoms with Gasteiger partial charge >= 0.3 is 6.18 Å². The average molecular weight is 427 g/mol. The average Bonchev–Trinajstić information content (AvgIpc) is 2.68. The van der Waals surface area contributed by atoms with Gasteiger partial charge in [0, 0.05) is 25.7 Å². The quantitative estimate of drug-likeness (QED) is 0.716. The molecule has 0 saturated carbocycles. The standard InChI is InChI=1S/C21H25F3N2O2S/c1-16-6-8-20(9-7-16)29(27,28)26-12-10-19(11-13-26)25(2)15-17-4-3-5-18(14-17)21(22,23)24/h3-9,14,19H,10-13,15H2,1-2H3. The first-order chi connectivity index (χ1) is 13.6. The summed E-state index contributed by atoms with van der Waals surface area (Å²) in [6.07, 6.45) is -3.08. The highest BCUT2D eigenvalue weighted by molar-refractivity contribution is 7.89. The van der Waals surface area contributed by atoms with Crippen LogP contribution in [0.5, 0.6) is 0 Å². The lowest BCUT2D eigenvalue weighted by Crippen LogP contribution is -2.45. The van der Waals surface area contributed by atoms with E-state index in [1.807, 2.05) is 18.9 Å². The van der Waals surface area contributed by atoms with Crippen molar-refractivity contribution in [3.63, 3.8) is 0 Å². The zero-order chi connectivity index (χ0) is 21.2. The van der Waals surface area contributed by atoms with E-state index in [1.165, 1.54) is 16.4 Å². The third kappa shape index (κ3) is 5.18. The summed E-state index contributed by atoms with van der Waals surface area (Å²) in [5.74, 6) is 0. The van der Waals surface area contributed by atoms with Crippen molar-refractivity contribution in [1.29, 1.82) is 0 Å². The second kappa shape index (κ2) is 8.45. The molecule has 1 aliphatic heterocycles. The fourth-order valence-corrected chi connectivity index (χ4v) is 5.12. The van der Waals surface area contributed by atoms with Crippen molar-refractivity contribution in [3.05, 3.63) is 65.2 Å². The minimum Gasteiger partial charge on any atom is -0.299 e. The molecule has 8 heteroatoms. The molecule has 0 atom stereocenters. The Bertz CT molecular complexity index is 935. The van der Waals surface area contributed by atoms with Crippen LogP contribution >= 0.6 is 0 Å². The predicted molar refractivity (Wildman–Crippen MR) is 106 cm³/mol. The minimum absolute atomic E-state index is 0.119. The van der Waals surface area contributed by atoms with Gasteiger partial charge in [-0.25, -0.2) is 8.42 Å². The normalized spacial score (nSPS) is 17.0. The second-order valence-corrected chi connectivity index (χ2v) is 9.50. The maximum absolute atomic E-state index is 12.9. The van der Waals surface area contributed by atoms with Crippen molar-refractivity contribution in [2.75, 3.05) is 20.1 Å². The van der Waals surface area contributed by atoms with Gasteiger partial charge in [0.05, 0.1) is 10.5 Å². The molecule has 0 bridgehead atoms. The fourth-order valence-electron chi connectivity index (χ4n) is 3.65. The van der Waals surface area contributed by atoms with Crippen molar-refractivity contribution < 1.29 is 21.6 Å². The van der Waals surface area contributed by atoms with Crippen molar-refractivity contribution in [3.8, 4) is 0 Å². The first-order valence-corrected chi connectivity index (χ1v) is 10.9. The van der Waals surface area contributed by atoms with E-state index < -0.39 is 21.8 Å². The Kier molecular flexibility index (Phi) is 6.36. The molecule has 0 spiro atoms. The minimum atomic E-state index is -4.36. The molecule has 1 saturated heterocycles. The van der Waals surface area contributed by atoms with Gasteiger partial charge in [0.2, 0.25) is 10.0 Å². The van der Waals surface area contributed by atoms with Gasteiger partial charge < -0.3 is 0 Å². The van der Waals surface area contributed by atoms with Crippen LogP contribution in [0, 0.1) is 6.92 Å². The molecular weight excluding hydrogens is 401 g/mol. The number of benzene rings is 2. The molecule has 0 aromatic heterocycles. The number of rotatable bonds is 5. The lowest BCUT2D eigenvalue weighted by molar-refractivity contribution is -0.137. The maximum atomic E-state index is 12.9. The molecule has 3 rings (SSSR count). The molecule has 158 valence electrons.